The Morgan fingerprint density at radius 1 is 1.86 bits per heavy atom. The summed E-state index contributed by atoms with van der Waals surface area (Å²) >= 11 is -2.27. The standard InChI is InChI=1S/C2H4O4S/c3-1-6-2-7(4)5/h1H,2H2,(H,4,5)/p-1. The molecule has 7 heavy (non-hydrogen) atoms. The predicted molar refractivity (Wildman–Crippen MR) is 20.9 cm³/mol. The van der Waals surface area contributed by atoms with E-state index in [0.29, 0.717) is 0 Å². The highest BCUT2D eigenvalue weighted by Crippen LogP contribution is 1.70. The van der Waals surface area contributed by atoms with Crippen molar-refractivity contribution in [3.8, 4) is 0 Å². The molecule has 0 saturated carbocycles. The average molecular weight is 123 g/mol. The van der Waals surface area contributed by atoms with Crippen LogP contribution in [0.1, 0.15) is 0 Å². The Balaban J connectivity index is 2.97. The number of hydrogen-bond acceptors (Lipinski definition) is 4. The first-order chi connectivity index (χ1) is 3.27. The normalized spacial score (nSPS) is 12.7. The number of carbonyl (C=O) groups is 1. The smallest absolute Gasteiger partial charge is 0.293 e. The van der Waals surface area contributed by atoms with Crippen LogP contribution in [0.25, 0.3) is 0 Å². The highest BCUT2D eigenvalue weighted by Gasteiger charge is 1.76. The molecule has 1 atom stereocenters. The van der Waals surface area contributed by atoms with E-state index in [0.717, 1.165) is 0 Å². The van der Waals surface area contributed by atoms with Gasteiger partial charge in [-0.25, -0.2) is 0 Å². The average Bonchev–Trinajstić information content (AvgIpc) is 1.61. The minimum atomic E-state index is -2.27. The third kappa shape index (κ3) is 5.58. The summed E-state index contributed by atoms with van der Waals surface area (Å²) in [5, 5.41) is 0. The monoisotopic (exact) mass is 123 g/mol. The van der Waals surface area contributed by atoms with E-state index < -0.39 is 17.0 Å². The third-order valence-corrected chi connectivity index (χ3v) is 0.561. The second-order valence-electron chi connectivity index (χ2n) is 0.684. The van der Waals surface area contributed by atoms with Crippen molar-refractivity contribution in [1.82, 2.24) is 0 Å². The molecule has 0 bridgehead atoms. The molecule has 0 heterocycles. The van der Waals surface area contributed by atoms with Gasteiger partial charge in [-0.2, -0.15) is 0 Å². The van der Waals surface area contributed by atoms with Gasteiger partial charge in [0, 0.05) is 0 Å². The van der Waals surface area contributed by atoms with Gasteiger partial charge in [-0.05, 0) is 11.1 Å². The summed E-state index contributed by atoms with van der Waals surface area (Å²) in [6.45, 7) is 0.0792. The van der Waals surface area contributed by atoms with Crippen LogP contribution in [-0.2, 0) is 20.6 Å². The molecule has 0 rings (SSSR count). The lowest BCUT2D eigenvalue weighted by atomic mass is 11.5. The quantitative estimate of drug-likeness (QED) is 0.356. The van der Waals surface area contributed by atoms with E-state index in [1.165, 1.54) is 0 Å². The number of hydrogen-bond donors (Lipinski definition) is 0. The van der Waals surface area contributed by atoms with Gasteiger partial charge in [0.15, 0.2) is 5.94 Å². The largest absolute Gasteiger partial charge is 0.770 e. The minimum absolute atomic E-state index is 0.0792. The summed E-state index contributed by atoms with van der Waals surface area (Å²) in [5.41, 5.74) is 0. The fraction of sp³-hybridized carbons (Fsp3) is 0.500. The van der Waals surface area contributed by atoms with Crippen molar-refractivity contribution in [2.24, 2.45) is 0 Å². The Hall–Kier alpha value is -0.420. The van der Waals surface area contributed by atoms with Crippen LogP contribution in [0, 0.1) is 0 Å². The van der Waals surface area contributed by atoms with E-state index in [2.05, 4.69) is 4.74 Å². The van der Waals surface area contributed by atoms with E-state index >= 15 is 0 Å². The Labute approximate surface area is 42.8 Å². The first kappa shape index (κ1) is 6.58. The molecule has 4 nitrogen and oxygen atoms in total. The van der Waals surface area contributed by atoms with E-state index in [-0.39, 0.29) is 6.47 Å². The van der Waals surface area contributed by atoms with E-state index in [9.17, 15) is 13.6 Å². The summed E-state index contributed by atoms with van der Waals surface area (Å²) in [7, 11) is 0. The lowest BCUT2D eigenvalue weighted by molar-refractivity contribution is -0.126. The zero-order valence-corrected chi connectivity index (χ0v) is 4.14. The van der Waals surface area contributed by atoms with Crippen molar-refractivity contribution < 1.29 is 18.3 Å². The number of ether oxygens (including phenoxy) is 1. The van der Waals surface area contributed by atoms with Crippen LogP contribution in [0.5, 0.6) is 0 Å². The topological polar surface area (TPSA) is 66.4 Å². The van der Waals surface area contributed by atoms with Crippen LogP contribution in [0.4, 0.5) is 0 Å². The van der Waals surface area contributed by atoms with Crippen molar-refractivity contribution in [2.75, 3.05) is 5.94 Å². The van der Waals surface area contributed by atoms with Crippen molar-refractivity contribution in [3.63, 3.8) is 0 Å². The van der Waals surface area contributed by atoms with Gasteiger partial charge in [-0.1, -0.05) is 0 Å². The zero-order valence-electron chi connectivity index (χ0n) is 3.33. The van der Waals surface area contributed by atoms with Crippen LogP contribution in [0.2, 0.25) is 0 Å². The maximum absolute atomic E-state index is 9.47. The molecule has 0 aliphatic carbocycles. The summed E-state index contributed by atoms with van der Waals surface area (Å²) in [5.74, 6) is -0.552. The highest BCUT2D eigenvalue weighted by atomic mass is 32.2. The fourth-order valence-electron chi connectivity index (χ4n) is 0.0833. The van der Waals surface area contributed by atoms with Gasteiger partial charge in [-0.15, -0.1) is 0 Å². The molecule has 0 amide bonds. The Morgan fingerprint density at radius 3 is 2.57 bits per heavy atom. The molecule has 0 N–H and O–H groups in total. The molecule has 0 aromatic carbocycles. The number of rotatable bonds is 3. The van der Waals surface area contributed by atoms with Gasteiger partial charge >= 0.3 is 0 Å². The molecule has 5 heteroatoms. The van der Waals surface area contributed by atoms with Crippen LogP contribution in [-0.4, -0.2) is 21.2 Å². The van der Waals surface area contributed by atoms with Crippen molar-refractivity contribution in [1.29, 1.82) is 0 Å². The SMILES string of the molecule is O=COCS(=O)[O-]. The minimum Gasteiger partial charge on any atom is -0.770 e. The first-order valence-electron chi connectivity index (χ1n) is 1.38. The van der Waals surface area contributed by atoms with Gasteiger partial charge < -0.3 is 9.29 Å². The maximum atomic E-state index is 9.47. The molecule has 0 saturated heterocycles. The zero-order chi connectivity index (χ0) is 5.70. The van der Waals surface area contributed by atoms with Crippen molar-refractivity contribution in [2.45, 2.75) is 0 Å². The fourth-order valence-corrected chi connectivity index (χ4v) is 0.250. The van der Waals surface area contributed by atoms with E-state index in [1.54, 1.807) is 0 Å². The molecule has 0 fully saturated rings. The van der Waals surface area contributed by atoms with Gasteiger partial charge in [0.05, 0.1) is 0 Å². The first-order valence-corrected chi connectivity index (χ1v) is 2.63. The number of carbonyl (C=O) groups excluding carboxylic acids is 1. The Morgan fingerprint density at radius 2 is 2.43 bits per heavy atom. The molecule has 1 unspecified atom stereocenters. The second-order valence-corrected chi connectivity index (χ2v) is 1.53. The molecule has 0 spiro atoms. The van der Waals surface area contributed by atoms with Crippen LogP contribution in [0.15, 0.2) is 0 Å². The van der Waals surface area contributed by atoms with Gasteiger partial charge in [-0.3, -0.25) is 9.00 Å². The molecule has 0 aliphatic heterocycles. The van der Waals surface area contributed by atoms with Gasteiger partial charge in [0.1, 0.15) is 0 Å². The Bertz CT molecular complexity index is 79.8. The third-order valence-electron chi connectivity index (χ3n) is 0.232. The van der Waals surface area contributed by atoms with Crippen molar-refractivity contribution >= 4 is 17.6 Å². The van der Waals surface area contributed by atoms with Gasteiger partial charge in [0.25, 0.3) is 6.47 Å². The van der Waals surface area contributed by atoms with Crippen molar-refractivity contribution in [3.05, 3.63) is 0 Å². The van der Waals surface area contributed by atoms with E-state index in [1.807, 2.05) is 0 Å². The molecule has 42 valence electrons. The molecule has 0 radical (unpaired) electrons. The summed E-state index contributed by atoms with van der Waals surface area (Å²) in [6, 6.07) is 0. The predicted octanol–water partition coefficient (Wildman–Crippen LogP) is -1.00. The van der Waals surface area contributed by atoms with Crippen LogP contribution in [0.3, 0.4) is 0 Å². The molecule has 0 aromatic heterocycles. The molecule has 0 aromatic rings. The molecular formula is C2H3O4S-. The van der Waals surface area contributed by atoms with Gasteiger partial charge in [0.2, 0.25) is 0 Å². The van der Waals surface area contributed by atoms with Crippen LogP contribution < -0.4 is 0 Å². The lowest BCUT2D eigenvalue weighted by Crippen LogP contribution is -1.98. The van der Waals surface area contributed by atoms with Crippen LogP contribution >= 0.6 is 0 Å². The summed E-state index contributed by atoms with van der Waals surface area (Å²) in [4.78, 5) is 9.21. The molecular weight excluding hydrogens is 120 g/mol. The summed E-state index contributed by atoms with van der Waals surface area (Å²) < 4.78 is 22.8. The molecule has 0 aliphatic rings. The summed E-state index contributed by atoms with van der Waals surface area (Å²) in [6.07, 6.45) is 0. The highest BCUT2D eigenvalue weighted by molar-refractivity contribution is 7.78. The Kier molecular flexibility index (Phi) is 3.53. The van der Waals surface area contributed by atoms with E-state index in [4.69, 9.17) is 0 Å². The lowest BCUT2D eigenvalue weighted by Gasteiger charge is -1.99. The second kappa shape index (κ2) is 3.76. The maximum Gasteiger partial charge on any atom is 0.293 e.